The normalized spacial score (nSPS) is 20.1. The summed E-state index contributed by atoms with van der Waals surface area (Å²) >= 11 is 0. The Balaban J connectivity index is 1.84. The lowest BCUT2D eigenvalue weighted by atomic mass is 9.95. The minimum absolute atomic E-state index is 0.0414. The van der Waals surface area contributed by atoms with E-state index < -0.39 is 0 Å². The molecule has 2 amide bonds. The van der Waals surface area contributed by atoms with Crippen LogP contribution in [0.25, 0.3) is 0 Å². The summed E-state index contributed by atoms with van der Waals surface area (Å²) in [6, 6.07) is 9.95. The molecule has 4 heteroatoms. The Hall–Kier alpha value is -1.84. The van der Waals surface area contributed by atoms with Crippen molar-refractivity contribution in [2.75, 3.05) is 13.1 Å². The van der Waals surface area contributed by atoms with Crippen molar-refractivity contribution < 1.29 is 9.59 Å². The number of benzene rings is 1. The van der Waals surface area contributed by atoms with Gasteiger partial charge in [-0.1, -0.05) is 37.3 Å². The maximum absolute atomic E-state index is 12.9. The van der Waals surface area contributed by atoms with E-state index in [1.807, 2.05) is 37.3 Å². The van der Waals surface area contributed by atoms with Crippen molar-refractivity contribution in [1.29, 1.82) is 0 Å². The van der Waals surface area contributed by atoms with E-state index in [2.05, 4.69) is 0 Å². The molecule has 1 aliphatic carbocycles. The van der Waals surface area contributed by atoms with Crippen LogP contribution in [0.2, 0.25) is 0 Å². The van der Waals surface area contributed by atoms with Crippen LogP contribution in [0.5, 0.6) is 0 Å². The van der Waals surface area contributed by atoms with Crippen molar-refractivity contribution in [1.82, 2.24) is 10.0 Å². The maximum Gasteiger partial charge on any atom is 0.251 e. The number of rotatable bonds is 3. The lowest BCUT2D eigenvalue weighted by Crippen LogP contribution is -2.48. The Morgan fingerprint density at radius 1 is 1.10 bits per heavy atom. The first kappa shape index (κ1) is 13.2. The predicted octanol–water partition coefficient (Wildman–Crippen LogP) is 2.10. The number of amides is 2. The highest BCUT2D eigenvalue weighted by atomic mass is 16.2. The second kappa shape index (κ2) is 4.93. The lowest BCUT2D eigenvalue weighted by molar-refractivity contribution is -0.159. The van der Waals surface area contributed by atoms with Gasteiger partial charge in [-0.05, 0) is 24.8 Å². The Morgan fingerprint density at radius 3 is 2.35 bits per heavy atom. The van der Waals surface area contributed by atoms with Crippen LogP contribution >= 0.6 is 0 Å². The lowest BCUT2D eigenvalue weighted by Gasteiger charge is -2.31. The quantitative estimate of drug-likeness (QED) is 0.845. The molecule has 4 nitrogen and oxygen atoms in total. The fourth-order valence-corrected chi connectivity index (χ4v) is 3.02. The van der Waals surface area contributed by atoms with Gasteiger partial charge in [0.25, 0.3) is 5.91 Å². The molecule has 0 N–H and O–H groups in total. The molecule has 0 aromatic heterocycles. The Bertz CT molecular complexity index is 523. The number of carbonyl (C=O) groups excluding carboxylic acids is 2. The van der Waals surface area contributed by atoms with Crippen LogP contribution in [-0.2, 0) is 15.0 Å². The average molecular weight is 272 g/mol. The Kier molecular flexibility index (Phi) is 3.24. The zero-order valence-corrected chi connectivity index (χ0v) is 11.8. The summed E-state index contributed by atoms with van der Waals surface area (Å²) in [5, 5.41) is 3.33. The molecule has 1 aromatic rings. The van der Waals surface area contributed by atoms with Crippen LogP contribution in [0.1, 0.15) is 38.2 Å². The molecule has 1 saturated heterocycles. The number of hydrogen-bond donors (Lipinski definition) is 0. The largest absolute Gasteiger partial charge is 0.273 e. The Morgan fingerprint density at radius 2 is 1.75 bits per heavy atom. The monoisotopic (exact) mass is 272 g/mol. The third-order valence-corrected chi connectivity index (χ3v) is 4.34. The molecule has 1 heterocycles. The van der Waals surface area contributed by atoms with Crippen LogP contribution in [0, 0.1) is 0 Å². The highest BCUT2D eigenvalue weighted by molar-refractivity contribution is 5.93. The van der Waals surface area contributed by atoms with Gasteiger partial charge in [0.1, 0.15) is 0 Å². The number of hydrazine groups is 1. The van der Waals surface area contributed by atoms with E-state index in [1.54, 1.807) is 10.0 Å². The summed E-state index contributed by atoms with van der Waals surface area (Å²) in [4.78, 5) is 24.8. The predicted molar refractivity (Wildman–Crippen MR) is 75.7 cm³/mol. The molecule has 0 radical (unpaired) electrons. The third kappa shape index (κ3) is 1.99. The third-order valence-electron chi connectivity index (χ3n) is 4.34. The van der Waals surface area contributed by atoms with Gasteiger partial charge in [-0.15, -0.1) is 0 Å². The van der Waals surface area contributed by atoms with Gasteiger partial charge in [0.15, 0.2) is 0 Å². The molecule has 0 unspecified atom stereocenters. The second-order valence-electron chi connectivity index (χ2n) is 5.60. The van der Waals surface area contributed by atoms with Gasteiger partial charge >= 0.3 is 0 Å². The van der Waals surface area contributed by atoms with E-state index in [-0.39, 0.29) is 17.2 Å². The summed E-state index contributed by atoms with van der Waals surface area (Å²) in [5.74, 6) is 0.141. The minimum atomic E-state index is -0.377. The molecular formula is C16H20N2O2. The van der Waals surface area contributed by atoms with Crippen molar-refractivity contribution in [3.05, 3.63) is 35.9 Å². The first-order valence-electron chi connectivity index (χ1n) is 7.37. The summed E-state index contributed by atoms with van der Waals surface area (Å²) < 4.78 is 0. The van der Waals surface area contributed by atoms with Gasteiger partial charge in [0, 0.05) is 19.5 Å². The fraction of sp³-hybridized carbons (Fsp3) is 0.500. The first-order valence-corrected chi connectivity index (χ1v) is 7.37. The van der Waals surface area contributed by atoms with Crippen LogP contribution in [0.3, 0.4) is 0 Å². The molecule has 106 valence electrons. The molecule has 1 aliphatic heterocycles. The molecule has 0 atom stereocenters. The highest BCUT2D eigenvalue weighted by Crippen LogP contribution is 2.50. The van der Waals surface area contributed by atoms with Crippen molar-refractivity contribution in [3.63, 3.8) is 0 Å². The van der Waals surface area contributed by atoms with E-state index in [0.717, 1.165) is 24.8 Å². The molecule has 0 spiro atoms. The van der Waals surface area contributed by atoms with Crippen molar-refractivity contribution >= 4 is 11.8 Å². The van der Waals surface area contributed by atoms with E-state index >= 15 is 0 Å². The first-order chi connectivity index (χ1) is 9.69. The number of hydrogen-bond acceptors (Lipinski definition) is 2. The van der Waals surface area contributed by atoms with E-state index in [1.165, 1.54) is 0 Å². The SMILES string of the molecule is CCC(=O)N1CCCN1C(=O)C1(c2ccccc2)CC1. The average Bonchev–Trinajstić information content (AvgIpc) is 3.17. The van der Waals surface area contributed by atoms with Gasteiger partial charge in [-0.2, -0.15) is 0 Å². The van der Waals surface area contributed by atoms with Crippen LogP contribution < -0.4 is 0 Å². The van der Waals surface area contributed by atoms with E-state index in [0.29, 0.717) is 19.5 Å². The van der Waals surface area contributed by atoms with Crippen molar-refractivity contribution in [2.24, 2.45) is 0 Å². The van der Waals surface area contributed by atoms with E-state index in [9.17, 15) is 9.59 Å². The highest BCUT2D eigenvalue weighted by Gasteiger charge is 2.54. The summed E-state index contributed by atoms with van der Waals surface area (Å²) in [5.41, 5.74) is 0.707. The Labute approximate surface area is 119 Å². The smallest absolute Gasteiger partial charge is 0.251 e. The zero-order valence-electron chi connectivity index (χ0n) is 11.8. The molecule has 1 aromatic carbocycles. The molecule has 2 aliphatic rings. The molecule has 1 saturated carbocycles. The van der Waals surface area contributed by atoms with Gasteiger partial charge in [0.05, 0.1) is 5.41 Å². The van der Waals surface area contributed by atoms with Crippen LogP contribution in [0.15, 0.2) is 30.3 Å². The molecule has 2 fully saturated rings. The molecule has 20 heavy (non-hydrogen) atoms. The molecule has 0 bridgehead atoms. The van der Waals surface area contributed by atoms with Gasteiger partial charge in [0.2, 0.25) is 5.91 Å². The number of carbonyl (C=O) groups is 2. The summed E-state index contributed by atoms with van der Waals surface area (Å²) in [6.07, 6.45) is 3.10. The maximum atomic E-state index is 12.9. The minimum Gasteiger partial charge on any atom is -0.273 e. The summed E-state index contributed by atoms with van der Waals surface area (Å²) in [6.45, 7) is 3.18. The number of nitrogens with zero attached hydrogens (tertiary/aromatic N) is 2. The fourth-order valence-electron chi connectivity index (χ4n) is 3.02. The van der Waals surface area contributed by atoms with E-state index in [4.69, 9.17) is 0 Å². The molecule has 3 rings (SSSR count). The zero-order chi connectivity index (χ0) is 14.2. The van der Waals surface area contributed by atoms with Crippen molar-refractivity contribution in [2.45, 2.75) is 38.0 Å². The molecular weight excluding hydrogens is 252 g/mol. The van der Waals surface area contributed by atoms with Crippen LogP contribution in [-0.4, -0.2) is 34.9 Å². The van der Waals surface area contributed by atoms with Gasteiger partial charge in [-0.25, -0.2) is 0 Å². The summed E-state index contributed by atoms with van der Waals surface area (Å²) in [7, 11) is 0. The second-order valence-corrected chi connectivity index (χ2v) is 5.60. The topological polar surface area (TPSA) is 40.6 Å². The van der Waals surface area contributed by atoms with Crippen molar-refractivity contribution in [3.8, 4) is 0 Å². The standard InChI is InChI=1S/C16H20N2O2/c1-2-14(19)17-11-6-12-18(17)15(20)16(9-10-16)13-7-4-3-5-8-13/h3-5,7-8H,2,6,9-12H2,1H3. The van der Waals surface area contributed by atoms with Gasteiger partial charge < -0.3 is 0 Å². The van der Waals surface area contributed by atoms with Crippen LogP contribution in [0.4, 0.5) is 0 Å². The van der Waals surface area contributed by atoms with Gasteiger partial charge in [-0.3, -0.25) is 19.6 Å².